The zero-order chi connectivity index (χ0) is 14.1. The van der Waals surface area contributed by atoms with Gasteiger partial charge >= 0.3 is 0 Å². The number of fused-ring (bicyclic) bond motifs is 1. The highest BCUT2D eigenvalue weighted by Gasteiger charge is 2.21. The van der Waals surface area contributed by atoms with E-state index in [1.54, 1.807) is 6.07 Å². The molecular weight excluding hydrogens is 252 g/mol. The summed E-state index contributed by atoms with van der Waals surface area (Å²) in [5, 5.41) is 3.31. The van der Waals surface area contributed by atoms with E-state index in [1.165, 1.54) is 17.2 Å². The lowest BCUT2D eigenvalue weighted by Crippen LogP contribution is -2.22. The van der Waals surface area contributed by atoms with Crippen molar-refractivity contribution in [3.63, 3.8) is 0 Å². The summed E-state index contributed by atoms with van der Waals surface area (Å²) in [6.07, 6.45) is 1.86. The number of benzene rings is 1. The fourth-order valence-corrected chi connectivity index (χ4v) is 2.58. The molecule has 5 heteroatoms. The number of nitrogens with two attached hydrogens (primary N) is 2. The summed E-state index contributed by atoms with van der Waals surface area (Å²) in [5.74, 6) is -0.0261. The van der Waals surface area contributed by atoms with Gasteiger partial charge < -0.3 is 16.8 Å². The summed E-state index contributed by atoms with van der Waals surface area (Å²) in [6, 6.07) is 11.8. The highest BCUT2D eigenvalue weighted by atomic mass is 16.1. The van der Waals surface area contributed by atoms with Crippen LogP contribution in [0, 0.1) is 0 Å². The molecule has 0 saturated heterocycles. The second-order valence-electron chi connectivity index (χ2n) is 5.02. The van der Waals surface area contributed by atoms with Gasteiger partial charge in [0.05, 0.1) is 5.69 Å². The first-order valence-electron chi connectivity index (χ1n) is 6.53. The van der Waals surface area contributed by atoms with Crippen LogP contribution in [-0.4, -0.2) is 16.9 Å². The molecule has 5 N–H and O–H groups in total. The molecule has 0 fully saturated rings. The molecular formula is C15H16N4O. The third-order valence-electron chi connectivity index (χ3n) is 3.57. The number of rotatable bonds is 3. The van der Waals surface area contributed by atoms with Crippen LogP contribution in [0.4, 0.5) is 11.5 Å². The van der Waals surface area contributed by atoms with Gasteiger partial charge in [-0.15, -0.1) is 0 Å². The number of hydrogen-bond acceptors (Lipinski definition) is 4. The monoisotopic (exact) mass is 268 g/mol. The zero-order valence-electron chi connectivity index (χ0n) is 11.0. The molecule has 3 rings (SSSR count). The number of hydrogen-bond donors (Lipinski definition) is 3. The van der Waals surface area contributed by atoms with Gasteiger partial charge in [-0.25, -0.2) is 4.98 Å². The Balaban J connectivity index is 1.80. The molecule has 1 aliphatic rings. The summed E-state index contributed by atoms with van der Waals surface area (Å²) < 4.78 is 0. The SMILES string of the molecule is NC(=O)c1ccc(N)c(NC2Cc3ccccc3C2)n1. The van der Waals surface area contributed by atoms with Crippen molar-refractivity contribution in [2.75, 3.05) is 11.1 Å². The van der Waals surface area contributed by atoms with Crippen molar-refractivity contribution in [3.8, 4) is 0 Å². The lowest BCUT2D eigenvalue weighted by Gasteiger charge is -2.15. The summed E-state index contributed by atoms with van der Waals surface area (Å²) in [4.78, 5) is 15.4. The van der Waals surface area contributed by atoms with Crippen LogP contribution in [0.5, 0.6) is 0 Å². The highest BCUT2D eigenvalue weighted by Crippen LogP contribution is 2.25. The van der Waals surface area contributed by atoms with Gasteiger partial charge in [-0.2, -0.15) is 0 Å². The van der Waals surface area contributed by atoms with Crippen LogP contribution in [0.15, 0.2) is 36.4 Å². The van der Waals surface area contributed by atoms with Crippen LogP contribution in [0.25, 0.3) is 0 Å². The number of pyridine rings is 1. The Morgan fingerprint density at radius 1 is 1.15 bits per heavy atom. The van der Waals surface area contributed by atoms with Gasteiger partial charge in [0.1, 0.15) is 11.5 Å². The maximum absolute atomic E-state index is 11.2. The van der Waals surface area contributed by atoms with Crippen molar-refractivity contribution < 1.29 is 4.79 Å². The standard InChI is InChI=1S/C15H16N4O/c16-12-5-6-13(14(17)20)19-15(12)18-11-7-9-3-1-2-4-10(9)8-11/h1-6,11H,7-8,16H2,(H2,17,20)(H,18,19). The Morgan fingerprint density at radius 3 is 2.40 bits per heavy atom. The number of nitrogens with zero attached hydrogens (tertiary/aromatic N) is 1. The van der Waals surface area contributed by atoms with Crippen LogP contribution in [-0.2, 0) is 12.8 Å². The quantitative estimate of drug-likeness (QED) is 0.783. The lowest BCUT2D eigenvalue weighted by atomic mass is 10.1. The van der Waals surface area contributed by atoms with Crippen molar-refractivity contribution in [1.29, 1.82) is 0 Å². The van der Waals surface area contributed by atoms with Crippen molar-refractivity contribution in [2.45, 2.75) is 18.9 Å². The van der Waals surface area contributed by atoms with E-state index in [0.717, 1.165) is 12.8 Å². The Kier molecular flexibility index (Phi) is 3.02. The van der Waals surface area contributed by atoms with E-state index < -0.39 is 5.91 Å². The van der Waals surface area contributed by atoms with Crippen LogP contribution in [0.1, 0.15) is 21.6 Å². The number of primary amides is 1. The first kappa shape index (κ1) is 12.5. The molecule has 0 atom stereocenters. The predicted molar refractivity (Wildman–Crippen MR) is 78.4 cm³/mol. The first-order chi connectivity index (χ1) is 9.63. The second kappa shape index (κ2) is 4.85. The predicted octanol–water partition coefficient (Wildman–Crippen LogP) is 1.34. The molecule has 0 radical (unpaired) electrons. The minimum Gasteiger partial charge on any atom is -0.396 e. The van der Waals surface area contributed by atoms with Crippen molar-refractivity contribution in [1.82, 2.24) is 4.98 Å². The number of carbonyl (C=O) groups is 1. The summed E-state index contributed by atoms with van der Waals surface area (Å²) in [6.45, 7) is 0. The van der Waals surface area contributed by atoms with Crippen LogP contribution in [0.2, 0.25) is 0 Å². The summed E-state index contributed by atoms with van der Waals surface area (Å²) in [7, 11) is 0. The van der Waals surface area contributed by atoms with E-state index in [4.69, 9.17) is 11.5 Å². The van der Waals surface area contributed by atoms with Gasteiger partial charge in [0.15, 0.2) is 0 Å². The first-order valence-corrected chi connectivity index (χ1v) is 6.53. The third-order valence-corrected chi connectivity index (χ3v) is 3.57. The van der Waals surface area contributed by atoms with E-state index in [9.17, 15) is 4.79 Å². The van der Waals surface area contributed by atoms with E-state index in [-0.39, 0.29) is 11.7 Å². The van der Waals surface area contributed by atoms with Gasteiger partial charge in [0.25, 0.3) is 5.91 Å². The van der Waals surface area contributed by atoms with Crippen LogP contribution >= 0.6 is 0 Å². The molecule has 0 unspecified atom stereocenters. The molecule has 2 aromatic rings. The molecule has 0 aliphatic heterocycles. The number of carbonyl (C=O) groups excluding carboxylic acids is 1. The fourth-order valence-electron chi connectivity index (χ4n) is 2.58. The van der Waals surface area contributed by atoms with Gasteiger partial charge in [-0.05, 0) is 36.1 Å². The molecule has 1 aromatic carbocycles. The normalized spacial score (nSPS) is 14.0. The molecule has 1 heterocycles. The van der Waals surface area contributed by atoms with E-state index in [0.29, 0.717) is 11.5 Å². The minimum absolute atomic E-state index is 0.220. The number of anilines is 2. The van der Waals surface area contributed by atoms with Gasteiger partial charge in [-0.3, -0.25) is 4.79 Å². The smallest absolute Gasteiger partial charge is 0.267 e. The molecule has 0 spiro atoms. The summed E-state index contributed by atoms with van der Waals surface area (Å²) in [5.41, 5.74) is 14.6. The number of nitrogens with one attached hydrogen (secondary N) is 1. The van der Waals surface area contributed by atoms with E-state index in [2.05, 4.69) is 22.4 Å². The number of amides is 1. The van der Waals surface area contributed by atoms with Gasteiger partial charge in [0, 0.05) is 6.04 Å². The molecule has 1 aliphatic carbocycles. The number of nitrogen functional groups attached to an aromatic ring is 1. The van der Waals surface area contributed by atoms with E-state index >= 15 is 0 Å². The highest BCUT2D eigenvalue weighted by molar-refractivity contribution is 5.91. The molecule has 1 amide bonds. The number of aromatic nitrogens is 1. The molecule has 20 heavy (non-hydrogen) atoms. The summed E-state index contributed by atoms with van der Waals surface area (Å²) >= 11 is 0. The largest absolute Gasteiger partial charge is 0.396 e. The topological polar surface area (TPSA) is 94.0 Å². The van der Waals surface area contributed by atoms with Crippen molar-refractivity contribution in [2.24, 2.45) is 5.73 Å². The van der Waals surface area contributed by atoms with E-state index in [1.807, 2.05) is 12.1 Å². The van der Waals surface area contributed by atoms with Gasteiger partial charge in [0.2, 0.25) is 0 Å². The maximum Gasteiger partial charge on any atom is 0.267 e. The molecule has 0 saturated carbocycles. The van der Waals surface area contributed by atoms with Crippen molar-refractivity contribution >= 4 is 17.4 Å². The maximum atomic E-state index is 11.2. The Morgan fingerprint density at radius 2 is 1.80 bits per heavy atom. The van der Waals surface area contributed by atoms with Crippen molar-refractivity contribution in [3.05, 3.63) is 53.2 Å². The Labute approximate surface area is 117 Å². The average molecular weight is 268 g/mol. The zero-order valence-corrected chi connectivity index (χ0v) is 11.0. The lowest BCUT2D eigenvalue weighted by molar-refractivity contribution is 0.0995. The Hall–Kier alpha value is -2.56. The average Bonchev–Trinajstić information content (AvgIpc) is 2.83. The molecule has 5 nitrogen and oxygen atoms in total. The molecule has 1 aromatic heterocycles. The minimum atomic E-state index is -0.553. The fraction of sp³-hybridized carbons (Fsp3) is 0.200. The second-order valence-corrected chi connectivity index (χ2v) is 5.02. The molecule has 0 bridgehead atoms. The Bertz CT molecular complexity index is 644. The molecule has 102 valence electrons. The van der Waals surface area contributed by atoms with Crippen LogP contribution in [0.3, 0.4) is 0 Å². The third kappa shape index (κ3) is 2.30. The van der Waals surface area contributed by atoms with Gasteiger partial charge in [-0.1, -0.05) is 24.3 Å². The van der Waals surface area contributed by atoms with Crippen LogP contribution < -0.4 is 16.8 Å².